The third-order valence-electron chi connectivity index (χ3n) is 4.82. The average Bonchev–Trinajstić information content (AvgIpc) is 2.59. The zero-order valence-electron chi connectivity index (χ0n) is 14.1. The normalized spacial score (nSPS) is 18.9. The van der Waals surface area contributed by atoms with E-state index in [0.717, 1.165) is 30.7 Å². The number of hydrogen-bond donors (Lipinski definition) is 3. The molecule has 128 valence electrons. The van der Waals surface area contributed by atoms with Crippen LogP contribution >= 0.6 is 0 Å². The van der Waals surface area contributed by atoms with Crippen LogP contribution in [0.3, 0.4) is 0 Å². The summed E-state index contributed by atoms with van der Waals surface area (Å²) in [6.07, 6.45) is 0.827. The molecule has 3 rings (SSSR count). The highest BCUT2D eigenvalue weighted by Gasteiger charge is 2.31. The van der Waals surface area contributed by atoms with Crippen LogP contribution in [0.2, 0.25) is 0 Å². The summed E-state index contributed by atoms with van der Waals surface area (Å²) >= 11 is 0. The highest BCUT2D eigenvalue weighted by Crippen LogP contribution is 2.38. The van der Waals surface area contributed by atoms with Crippen LogP contribution in [0.1, 0.15) is 29.8 Å². The van der Waals surface area contributed by atoms with Crippen LogP contribution in [0.5, 0.6) is 11.5 Å². The number of phenolic OH excluding ortho intramolecular Hbond substituents is 1. The number of hydrogen-bond acceptors (Lipinski definition) is 5. The molecule has 1 unspecified atom stereocenters. The number of anilines is 1. The van der Waals surface area contributed by atoms with E-state index in [2.05, 4.69) is 6.92 Å². The molecule has 5 nitrogen and oxygen atoms in total. The first kappa shape index (κ1) is 16.6. The maximum atomic E-state index is 10.8. The molecule has 0 aromatic heterocycles. The molecule has 0 fully saturated rings. The molecular formula is C19H24N2O3. The number of benzene rings is 2. The van der Waals surface area contributed by atoms with Gasteiger partial charge in [-0.05, 0) is 49.1 Å². The quantitative estimate of drug-likeness (QED) is 0.593. The lowest BCUT2D eigenvalue weighted by molar-refractivity contribution is -0.0301. The van der Waals surface area contributed by atoms with Crippen molar-refractivity contribution in [1.29, 1.82) is 0 Å². The highest BCUT2D eigenvalue weighted by molar-refractivity contribution is 5.62. The number of rotatable bonds is 4. The molecule has 0 aliphatic carbocycles. The van der Waals surface area contributed by atoms with Crippen molar-refractivity contribution >= 4 is 5.69 Å². The molecule has 4 N–H and O–H groups in total. The van der Waals surface area contributed by atoms with Crippen molar-refractivity contribution in [2.75, 3.05) is 19.4 Å². The van der Waals surface area contributed by atoms with Crippen molar-refractivity contribution < 1.29 is 14.9 Å². The molecule has 0 spiro atoms. The van der Waals surface area contributed by atoms with Crippen molar-refractivity contribution in [2.45, 2.75) is 32.0 Å². The lowest BCUT2D eigenvalue weighted by Crippen LogP contribution is -2.42. The summed E-state index contributed by atoms with van der Waals surface area (Å²) in [5.41, 5.74) is 9.10. The van der Waals surface area contributed by atoms with E-state index in [0.29, 0.717) is 5.56 Å². The number of methoxy groups -OCH3 is 1. The first-order chi connectivity index (χ1) is 11.5. The van der Waals surface area contributed by atoms with E-state index in [1.54, 1.807) is 13.2 Å². The SMILES string of the molecule is COc1ccc(CC(C)N2CCc3ccc(O)c(N)c3[C@H]2O)cc1. The molecule has 2 aromatic carbocycles. The Hall–Kier alpha value is -2.24. The maximum absolute atomic E-state index is 10.8. The summed E-state index contributed by atoms with van der Waals surface area (Å²) in [7, 11) is 1.65. The van der Waals surface area contributed by atoms with E-state index in [1.807, 2.05) is 35.2 Å². The monoisotopic (exact) mass is 328 g/mol. The van der Waals surface area contributed by atoms with Gasteiger partial charge in [0.25, 0.3) is 0 Å². The summed E-state index contributed by atoms with van der Waals surface area (Å²) < 4.78 is 5.18. The first-order valence-electron chi connectivity index (χ1n) is 8.18. The Balaban J connectivity index is 1.78. The lowest BCUT2D eigenvalue weighted by atomic mass is 9.93. The zero-order chi connectivity index (χ0) is 17.3. The largest absolute Gasteiger partial charge is 0.506 e. The number of aromatic hydroxyl groups is 1. The van der Waals surface area contributed by atoms with E-state index in [-0.39, 0.29) is 17.5 Å². The molecule has 1 heterocycles. The summed E-state index contributed by atoms with van der Waals surface area (Å²) in [4.78, 5) is 2.03. The fraction of sp³-hybridized carbons (Fsp3) is 0.368. The number of aliphatic hydroxyl groups excluding tert-OH is 1. The lowest BCUT2D eigenvalue weighted by Gasteiger charge is -2.38. The van der Waals surface area contributed by atoms with Gasteiger partial charge < -0.3 is 20.7 Å². The van der Waals surface area contributed by atoms with Gasteiger partial charge in [0.15, 0.2) is 0 Å². The van der Waals surface area contributed by atoms with Gasteiger partial charge in [0.05, 0.1) is 12.8 Å². The third kappa shape index (κ3) is 3.05. The fourth-order valence-electron chi connectivity index (χ4n) is 3.41. The first-order valence-corrected chi connectivity index (χ1v) is 8.18. The highest BCUT2D eigenvalue weighted by atomic mass is 16.5. The molecule has 5 heteroatoms. The standard InChI is InChI=1S/C19H24N2O3/c1-12(11-13-3-6-15(24-2)7-4-13)21-10-9-14-5-8-16(22)18(20)17(14)19(21)23/h3-8,12,19,22-23H,9-11,20H2,1-2H3/t12?,19-/m1/s1. The summed E-state index contributed by atoms with van der Waals surface area (Å²) in [5, 5.41) is 20.6. The van der Waals surface area contributed by atoms with E-state index < -0.39 is 6.23 Å². The van der Waals surface area contributed by atoms with Crippen molar-refractivity contribution in [3.63, 3.8) is 0 Å². The molecule has 0 bridgehead atoms. The topological polar surface area (TPSA) is 79.0 Å². The van der Waals surface area contributed by atoms with Crippen molar-refractivity contribution in [1.82, 2.24) is 4.90 Å². The maximum Gasteiger partial charge on any atom is 0.138 e. The molecule has 0 saturated heterocycles. The second kappa shape index (κ2) is 6.71. The number of nitrogen functional groups attached to an aromatic ring is 1. The number of ether oxygens (including phenoxy) is 1. The fourth-order valence-corrected chi connectivity index (χ4v) is 3.41. The van der Waals surface area contributed by atoms with E-state index in [4.69, 9.17) is 10.5 Å². The Morgan fingerprint density at radius 3 is 2.62 bits per heavy atom. The minimum absolute atomic E-state index is 0.0254. The number of fused-ring (bicyclic) bond motifs is 1. The van der Waals surface area contributed by atoms with Gasteiger partial charge in [0.1, 0.15) is 17.7 Å². The van der Waals surface area contributed by atoms with Crippen LogP contribution in [0.15, 0.2) is 36.4 Å². The van der Waals surface area contributed by atoms with E-state index in [9.17, 15) is 10.2 Å². The summed E-state index contributed by atoms with van der Waals surface area (Å²) in [6, 6.07) is 11.6. The van der Waals surface area contributed by atoms with E-state index >= 15 is 0 Å². The molecular weight excluding hydrogens is 304 g/mol. The zero-order valence-corrected chi connectivity index (χ0v) is 14.1. The Morgan fingerprint density at radius 2 is 1.96 bits per heavy atom. The Kier molecular flexibility index (Phi) is 4.64. The predicted octanol–water partition coefficient (Wildman–Crippen LogP) is 2.46. The molecule has 24 heavy (non-hydrogen) atoms. The Labute approximate surface area is 142 Å². The van der Waals surface area contributed by atoms with Gasteiger partial charge in [0, 0.05) is 18.2 Å². The third-order valence-corrected chi connectivity index (χ3v) is 4.82. The van der Waals surface area contributed by atoms with Crippen LogP contribution in [-0.4, -0.2) is 34.8 Å². The second-order valence-corrected chi connectivity index (χ2v) is 6.33. The van der Waals surface area contributed by atoms with Crippen molar-refractivity contribution in [3.05, 3.63) is 53.1 Å². The Morgan fingerprint density at radius 1 is 1.25 bits per heavy atom. The van der Waals surface area contributed by atoms with Gasteiger partial charge in [0.2, 0.25) is 0 Å². The molecule has 0 radical (unpaired) electrons. The molecule has 2 aromatic rings. The summed E-state index contributed by atoms with van der Waals surface area (Å²) in [6.45, 7) is 2.85. The van der Waals surface area contributed by atoms with Crippen molar-refractivity contribution in [3.8, 4) is 11.5 Å². The average molecular weight is 328 g/mol. The molecule has 2 atom stereocenters. The second-order valence-electron chi connectivity index (χ2n) is 6.33. The van der Waals surface area contributed by atoms with Crippen LogP contribution in [0.25, 0.3) is 0 Å². The molecule has 0 amide bonds. The van der Waals surface area contributed by atoms with Crippen LogP contribution in [-0.2, 0) is 12.8 Å². The Bertz CT molecular complexity index is 715. The van der Waals surface area contributed by atoms with Gasteiger partial charge >= 0.3 is 0 Å². The molecule has 0 saturated carbocycles. The van der Waals surface area contributed by atoms with Crippen LogP contribution in [0, 0.1) is 0 Å². The minimum Gasteiger partial charge on any atom is -0.506 e. The van der Waals surface area contributed by atoms with Gasteiger partial charge in [-0.15, -0.1) is 0 Å². The number of phenols is 1. The predicted molar refractivity (Wildman–Crippen MR) is 94.0 cm³/mol. The van der Waals surface area contributed by atoms with Gasteiger partial charge in [-0.3, -0.25) is 4.90 Å². The van der Waals surface area contributed by atoms with Gasteiger partial charge in [-0.25, -0.2) is 0 Å². The summed E-state index contributed by atoms with van der Waals surface area (Å²) in [5.74, 6) is 0.860. The van der Waals surface area contributed by atoms with Gasteiger partial charge in [-0.1, -0.05) is 18.2 Å². The number of aliphatic hydroxyl groups is 1. The molecule has 1 aliphatic rings. The van der Waals surface area contributed by atoms with Crippen molar-refractivity contribution in [2.24, 2.45) is 0 Å². The minimum atomic E-state index is -0.797. The molecule has 1 aliphatic heterocycles. The smallest absolute Gasteiger partial charge is 0.138 e. The van der Waals surface area contributed by atoms with Gasteiger partial charge in [-0.2, -0.15) is 0 Å². The van der Waals surface area contributed by atoms with Crippen LogP contribution < -0.4 is 10.5 Å². The van der Waals surface area contributed by atoms with E-state index in [1.165, 1.54) is 5.56 Å². The number of nitrogens with two attached hydrogens (primary N) is 1. The number of nitrogens with zero attached hydrogens (tertiary/aromatic N) is 1. The van der Waals surface area contributed by atoms with Crippen LogP contribution in [0.4, 0.5) is 5.69 Å².